The first-order chi connectivity index (χ1) is 4.20. The van der Waals surface area contributed by atoms with Crippen LogP contribution in [0.1, 0.15) is 5.56 Å². The Bertz CT molecular complexity index is 220. The molecule has 0 aliphatic rings. The van der Waals surface area contributed by atoms with Crippen molar-refractivity contribution in [1.29, 1.82) is 0 Å². The van der Waals surface area contributed by atoms with Gasteiger partial charge in [0.1, 0.15) is 5.82 Å². The Morgan fingerprint density at radius 2 is 2.33 bits per heavy atom. The van der Waals surface area contributed by atoms with E-state index in [0.717, 1.165) is 5.56 Å². The summed E-state index contributed by atoms with van der Waals surface area (Å²) in [5, 5.41) is 0.159. The normalized spacial score (nSPS) is 9.67. The van der Waals surface area contributed by atoms with E-state index in [9.17, 15) is 4.39 Å². The van der Waals surface area contributed by atoms with E-state index in [1.54, 1.807) is 0 Å². The predicted molar refractivity (Wildman–Crippen MR) is 35.0 cm³/mol. The van der Waals surface area contributed by atoms with E-state index in [-0.39, 0.29) is 5.02 Å². The Hall–Kier alpha value is -0.560. The van der Waals surface area contributed by atoms with Crippen LogP contribution < -0.4 is 0 Å². The van der Waals surface area contributed by atoms with E-state index in [1.165, 1.54) is 12.1 Å². The maximum Gasteiger partial charge on any atom is 0.142 e. The fourth-order valence-corrected chi connectivity index (χ4v) is 0.765. The largest absolute Gasteiger partial charge is 0.205 e. The van der Waals surface area contributed by atoms with Crippen LogP contribution in [0.25, 0.3) is 0 Å². The van der Waals surface area contributed by atoms with Gasteiger partial charge in [-0.2, -0.15) is 0 Å². The summed E-state index contributed by atoms with van der Waals surface area (Å²) in [6.07, 6.45) is 0. The van der Waals surface area contributed by atoms with Gasteiger partial charge in [-0.15, -0.1) is 0 Å². The smallest absolute Gasteiger partial charge is 0.142 e. The summed E-state index contributed by atoms with van der Waals surface area (Å²) in [7, 11) is 0. The monoisotopic (exact) mass is 143 g/mol. The van der Waals surface area contributed by atoms with Gasteiger partial charge in [-0.3, -0.25) is 0 Å². The lowest BCUT2D eigenvalue weighted by Gasteiger charge is -1.92. The van der Waals surface area contributed by atoms with Crippen molar-refractivity contribution in [3.05, 3.63) is 34.6 Å². The molecule has 0 spiro atoms. The summed E-state index contributed by atoms with van der Waals surface area (Å²) < 4.78 is 12.3. The summed E-state index contributed by atoms with van der Waals surface area (Å²) >= 11 is 5.42. The average Bonchev–Trinajstić information content (AvgIpc) is 1.80. The molecule has 0 amide bonds. The summed E-state index contributed by atoms with van der Waals surface area (Å²) in [5.41, 5.74) is 0.849. The number of hydrogen-bond acceptors (Lipinski definition) is 0. The van der Waals surface area contributed by atoms with Crippen molar-refractivity contribution in [2.75, 3.05) is 0 Å². The molecule has 1 rings (SSSR count). The molecule has 0 nitrogen and oxygen atoms in total. The lowest BCUT2D eigenvalue weighted by molar-refractivity contribution is 0.627. The molecule has 0 fully saturated rings. The quantitative estimate of drug-likeness (QED) is 0.524. The highest BCUT2D eigenvalue weighted by molar-refractivity contribution is 6.30. The molecule has 0 saturated heterocycles. The Labute approximate surface area is 58.3 Å². The molecular weight excluding hydrogens is 139 g/mol. The summed E-state index contributed by atoms with van der Waals surface area (Å²) in [4.78, 5) is 0. The van der Waals surface area contributed by atoms with E-state index in [1.807, 2.05) is 6.92 Å². The van der Waals surface area contributed by atoms with Crippen molar-refractivity contribution < 1.29 is 4.39 Å². The van der Waals surface area contributed by atoms with Crippen LogP contribution in [0.5, 0.6) is 0 Å². The van der Waals surface area contributed by atoms with Crippen molar-refractivity contribution in [2.24, 2.45) is 0 Å². The minimum Gasteiger partial charge on any atom is -0.205 e. The number of aryl methyl sites for hydroxylation is 1. The SMILES string of the molecule is Cc1[c]cc(F)c(Cl)c1. The van der Waals surface area contributed by atoms with Crippen molar-refractivity contribution >= 4 is 11.6 Å². The molecule has 0 heterocycles. The van der Waals surface area contributed by atoms with Gasteiger partial charge in [-0.05, 0) is 30.7 Å². The minimum atomic E-state index is -0.415. The first kappa shape index (κ1) is 6.56. The van der Waals surface area contributed by atoms with Crippen LogP contribution >= 0.6 is 11.6 Å². The lowest BCUT2D eigenvalue weighted by Crippen LogP contribution is -1.77. The molecule has 0 saturated carbocycles. The van der Waals surface area contributed by atoms with Crippen molar-refractivity contribution in [1.82, 2.24) is 0 Å². The van der Waals surface area contributed by atoms with E-state index < -0.39 is 5.82 Å². The van der Waals surface area contributed by atoms with Crippen LogP contribution in [0.2, 0.25) is 5.02 Å². The molecule has 0 N–H and O–H groups in total. The van der Waals surface area contributed by atoms with Gasteiger partial charge in [0, 0.05) is 0 Å². The molecule has 0 bridgehead atoms. The first-order valence-electron chi connectivity index (χ1n) is 2.53. The molecule has 0 unspecified atom stereocenters. The molecule has 0 aromatic heterocycles. The summed E-state index contributed by atoms with van der Waals surface area (Å²) in [5.74, 6) is -0.415. The summed E-state index contributed by atoms with van der Waals surface area (Å²) in [6.45, 7) is 1.81. The average molecular weight is 144 g/mol. The fourth-order valence-electron chi connectivity index (χ4n) is 0.547. The zero-order valence-corrected chi connectivity index (χ0v) is 5.67. The molecule has 9 heavy (non-hydrogen) atoms. The number of rotatable bonds is 0. The second kappa shape index (κ2) is 2.36. The van der Waals surface area contributed by atoms with Crippen molar-refractivity contribution in [3.63, 3.8) is 0 Å². The van der Waals surface area contributed by atoms with Crippen molar-refractivity contribution in [3.8, 4) is 0 Å². The van der Waals surface area contributed by atoms with Crippen LogP contribution in [-0.2, 0) is 0 Å². The molecule has 1 aromatic carbocycles. The minimum absolute atomic E-state index is 0.159. The third kappa shape index (κ3) is 1.42. The highest BCUT2D eigenvalue weighted by Gasteiger charge is 1.95. The molecule has 1 aromatic rings. The number of hydrogen-bond donors (Lipinski definition) is 0. The standard InChI is InChI=1S/C7H5ClF/c1-5-2-3-7(9)6(8)4-5/h3-4H,1H3. The second-order valence-corrected chi connectivity index (χ2v) is 2.22. The maximum atomic E-state index is 12.3. The number of benzene rings is 1. The second-order valence-electron chi connectivity index (χ2n) is 1.81. The molecule has 0 aliphatic carbocycles. The van der Waals surface area contributed by atoms with Gasteiger partial charge in [0.2, 0.25) is 0 Å². The Kier molecular flexibility index (Phi) is 1.72. The highest BCUT2D eigenvalue weighted by atomic mass is 35.5. The van der Waals surface area contributed by atoms with Gasteiger partial charge < -0.3 is 0 Å². The van der Waals surface area contributed by atoms with Crippen LogP contribution in [-0.4, -0.2) is 0 Å². The van der Waals surface area contributed by atoms with Gasteiger partial charge in [0.25, 0.3) is 0 Å². The van der Waals surface area contributed by atoms with Gasteiger partial charge in [0.15, 0.2) is 0 Å². The summed E-state index contributed by atoms with van der Waals surface area (Å²) in [6, 6.07) is 5.45. The van der Waals surface area contributed by atoms with Crippen molar-refractivity contribution in [2.45, 2.75) is 6.92 Å². The van der Waals surface area contributed by atoms with Crippen LogP contribution in [0.15, 0.2) is 12.1 Å². The molecule has 0 aliphatic heterocycles. The van der Waals surface area contributed by atoms with Crippen LogP contribution in [0.4, 0.5) is 4.39 Å². The van der Waals surface area contributed by atoms with E-state index in [2.05, 4.69) is 6.07 Å². The Morgan fingerprint density at radius 1 is 1.67 bits per heavy atom. The molecule has 0 atom stereocenters. The third-order valence-electron chi connectivity index (χ3n) is 0.998. The number of halogens is 2. The first-order valence-corrected chi connectivity index (χ1v) is 2.91. The topological polar surface area (TPSA) is 0 Å². The maximum absolute atomic E-state index is 12.3. The zero-order valence-electron chi connectivity index (χ0n) is 4.91. The van der Waals surface area contributed by atoms with Gasteiger partial charge >= 0.3 is 0 Å². The van der Waals surface area contributed by atoms with Gasteiger partial charge in [-0.25, -0.2) is 4.39 Å². The van der Waals surface area contributed by atoms with Gasteiger partial charge in [0.05, 0.1) is 5.02 Å². The van der Waals surface area contributed by atoms with E-state index in [0.29, 0.717) is 0 Å². The molecule has 47 valence electrons. The molecular formula is C7H5ClF. The van der Waals surface area contributed by atoms with E-state index in [4.69, 9.17) is 11.6 Å². The highest BCUT2D eigenvalue weighted by Crippen LogP contribution is 2.14. The van der Waals surface area contributed by atoms with Gasteiger partial charge in [-0.1, -0.05) is 11.6 Å². The van der Waals surface area contributed by atoms with E-state index >= 15 is 0 Å². The lowest BCUT2D eigenvalue weighted by atomic mass is 10.2. The fraction of sp³-hybridized carbons (Fsp3) is 0.143. The zero-order chi connectivity index (χ0) is 6.85. The Morgan fingerprint density at radius 3 is 2.78 bits per heavy atom. The molecule has 2 heteroatoms. The third-order valence-corrected chi connectivity index (χ3v) is 1.29. The molecule has 1 radical (unpaired) electrons. The van der Waals surface area contributed by atoms with Crippen LogP contribution in [0, 0.1) is 18.8 Å². The Balaban J connectivity index is 3.17. The predicted octanol–water partition coefficient (Wildman–Crippen LogP) is 2.59. The van der Waals surface area contributed by atoms with Crippen LogP contribution in [0.3, 0.4) is 0 Å².